The molecule has 1 heterocycles. The monoisotopic (exact) mass is 1600 g/mol. The van der Waals surface area contributed by atoms with Crippen LogP contribution in [-0.4, -0.2) is 219 Å². The fourth-order valence-electron chi connectivity index (χ4n) is 11.4. The Morgan fingerprint density at radius 2 is 0.912 bits per heavy atom. The number of thiol groups is 1. The zero-order chi connectivity index (χ0) is 84.2. The Labute approximate surface area is 658 Å². The second kappa shape index (κ2) is 47.3. The molecule has 0 fully saturated rings. The van der Waals surface area contributed by atoms with Crippen molar-refractivity contribution in [3.8, 4) is 5.75 Å². The fraction of sp³-hybridized carbons (Fsp3) is 0.500. The van der Waals surface area contributed by atoms with Gasteiger partial charge in [0.25, 0.3) is 0 Å². The van der Waals surface area contributed by atoms with E-state index in [4.69, 9.17) is 22.6 Å². The number of nitrogens with two attached hydrogens (primary N) is 3. The smallest absolute Gasteiger partial charge is 0.303 e. The van der Waals surface area contributed by atoms with Crippen LogP contribution in [0.15, 0.2) is 85.1 Å². The van der Waals surface area contributed by atoms with E-state index in [2.05, 4.69) is 92.0 Å². The number of para-hydroxylation sites is 1. The lowest BCUT2D eigenvalue weighted by atomic mass is 9.98. The number of benzene rings is 3. The van der Waals surface area contributed by atoms with Crippen molar-refractivity contribution in [2.75, 3.05) is 31.9 Å². The van der Waals surface area contributed by atoms with Crippen LogP contribution in [0.1, 0.15) is 117 Å². The summed E-state index contributed by atoms with van der Waals surface area (Å²) in [4.78, 5) is 218. The van der Waals surface area contributed by atoms with Crippen molar-refractivity contribution in [2.24, 2.45) is 35.0 Å². The van der Waals surface area contributed by atoms with E-state index in [1.807, 2.05) is 0 Å². The van der Waals surface area contributed by atoms with Gasteiger partial charge in [-0.15, -0.1) is 0 Å². The number of H-pyrrole nitrogens is 1. The number of rotatable bonds is 49. The van der Waals surface area contributed by atoms with Crippen LogP contribution in [-0.2, 0) is 96.0 Å². The van der Waals surface area contributed by atoms with E-state index in [0.29, 0.717) is 27.6 Å². The van der Waals surface area contributed by atoms with E-state index < -0.39 is 206 Å². The van der Waals surface area contributed by atoms with Crippen LogP contribution in [0.4, 0.5) is 0 Å². The average Bonchev–Trinajstić information content (AvgIpc) is 1.72. The quantitative estimate of drug-likeness (QED) is 0.00887. The predicted molar refractivity (Wildman–Crippen MR) is 416 cm³/mol. The summed E-state index contributed by atoms with van der Waals surface area (Å²) < 4.78 is 0. The van der Waals surface area contributed by atoms with Gasteiger partial charge in [0, 0.05) is 61.5 Å². The zero-order valence-electron chi connectivity index (χ0n) is 64.0. The van der Waals surface area contributed by atoms with Crippen LogP contribution >= 0.6 is 12.6 Å². The van der Waals surface area contributed by atoms with Gasteiger partial charge in [0.2, 0.25) is 82.7 Å². The highest BCUT2D eigenvalue weighted by atomic mass is 32.1. The Balaban J connectivity index is 1.48. The van der Waals surface area contributed by atoms with E-state index in [0.717, 1.165) is 0 Å². The third-order valence-electron chi connectivity index (χ3n) is 17.4. The van der Waals surface area contributed by atoms with Gasteiger partial charge in [0.15, 0.2) is 5.96 Å². The molecule has 0 unspecified atom stereocenters. The van der Waals surface area contributed by atoms with Crippen LogP contribution in [0.25, 0.3) is 10.9 Å². The minimum atomic E-state index is -1.66. The molecule has 1 aromatic heterocycles. The number of hydrogen-bond acceptors (Lipinski definition) is 20. The van der Waals surface area contributed by atoms with Gasteiger partial charge < -0.3 is 112 Å². The van der Waals surface area contributed by atoms with Gasteiger partial charge in [0.1, 0.15) is 66.2 Å². The number of amides is 14. The van der Waals surface area contributed by atoms with E-state index in [1.165, 1.54) is 31.2 Å². The molecule has 11 atom stereocenters. The molecule has 0 radical (unpaired) electrons. The largest absolute Gasteiger partial charge is 0.508 e. The number of aliphatic carboxylic acids is 2. The Bertz CT molecular complexity index is 3980. The van der Waals surface area contributed by atoms with Crippen LogP contribution in [0.3, 0.4) is 0 Å². The van der Waals surface area contributed by atoms with Gasteiger partial charge in [-0.05, 0) is 98.1 Å². The second-order valence-corrected chi connectivity index (χ2v) is 28.6. The standard InChI is InChI=1S/C74H107N19O19S/c1-38(2)28-51(69(108)91-54(31-43-19-21-45(94)22-20-43)70(109)89-52(29-39(3)4)72(111)93-62(40(5)6)73(112)92-56(37-113)66(105)82-34-57(76)95)87-63(102)41(7)84-67(106)50(24-26-61(100)101)85-59(97)36-81-58(96)35-83-65(104)53(30-42-14-9-8-10-15-42)90-68(107)49(18-13-27-79-74(77)78)86-71(110)55(88-64(103)47(75)23-25-60(98)99)32-44-33-80-48-17-12-11-16-46(44)48/h8-12,14-17,19-22,33,38-41,47,49-56,62,80,94,113H,13,18,23-32,34-37,75H2,1-7H3,(H2,76,95)(H,81,96)(H,82,105)(H,83,104)(H,84,106)(H,85,97)(H,86,110)(H,87,102)(H,88,103)(H,89,109)(H,90,107)(H,91,108)(H,92,112)(H,93,111)(H,98,99)(H,100,101)(H4,77,78,79)/t41-,47-,49-,50-,51-,52-,53-,54-,55-,56-,62-/m0/s1. The van der Waals surface area contributed by atoms with Crippen LogP contribution in [0.5, 0.6) is 5.75 Å². The number of aromatic nitrogens is 1. The average molecular weight is 1600 g/mol. The second-order valence-electron chi connectivity index (χ2n) is 28.2. The number of primary amides is 1. The number of hydrogen-bond donors (Lipinski definition) is 23. The summed E-state index contributed by atoms with van der Waals surface area (Å²) in [6.07, 6.45) is -0.926. The number of guanidine groups is 1. The molecule has 3 aromatic carbocycles. The molecule has 0 aliphatic rings. The molecular formula is C74H107N19O19S. The fourth-order valence-corrected chi connectivity index (χ4v) is 11.6. The number of nitrogens with one attached hydrogen (secondary N) is 16. The van der Waals surface area contributed by atoms with E-state index in [9.17, 15) is 92.0 Å². The molecule has 39 heteroatoms. The molecule has 0 aliphatic carbocycles. The van der Waals surface area contributed by atoms with Gasteiger partial charge >= 0.3 is 11.9 Å². The summed E-state index contributed by atoms with van der Waals surface area (Å²) in [7, 11) is 0. The number of carbonyl (C=O) groups excluding carboxylic acids is 14. The molecule has 0 aliphatic heterocycles. The number of aromatic amines is 1. The minimum absolute atomic E-state index is 0.0134. The van der Waals surface area contributed by atoms with E-state index >= 15 is 0 Å². The molecule has 14 amide bonds. The molecule has 4 aromatic rings. The minimum Gasteiger partial charge on any atom is -0.508 e. The van der Waals surface area contributed by atoms with Crippen molar-refractivity contribution < 1.29 is 92.0 Å². The number of carbonyl (C=O) groups is 16. The Hall–Kier alpha value is -11.9. The summed E-state index contributed by atoms with van der Waals surface area (Å²) in [5.74, 6) is -17.0. The molecule has 618 valence electrons. The van der Waals surface area contributed by atoms with Crippen molar-refractivity contribution in [3.05, 3.63) is 102 Å². The van der Waals surface area contributed by atoms with Crippen LogP contribution in [0, 0.1) is 23.2 Å². The summed E-state index contributed by atoms with van der Waals surface area (Å²) in [5.41, 5.74) is 18.9. The topological polar surface area (TPSA) is 620 Å². The molecule has 0 saturated heterocycles. The van der Waals surface area contributed by atoms with Gasteiger partial charge in [-0.25, -0.2) is 0 Å². The van der Waals surface area contributed by atoms with Crippen LogP contribution < -0.4 is 91.6 Å². The maximum absolute atomic E-state index is 14.5. The van der Waals surface area contributed by atoms with Gasteiger partial charge in [-0.1, -0.05) is 102 Å². The number of fused-ring (bicyclic) bond motifs is 1. The molecule has 0 saturated carbocycles. The van der Waals surface area contributed by atoms with Crippen molar-refractivity contribution in [1.82, 2.24) is 79.4 Å². The Morgan fingerprint density at radius 1 is 0.451 bits per heavy atom. The highest BCUT2D eigenvalue weighted by molar-refractivity contribution is 7.80. The molecule has 0 spiro atoms. The van der Waals surface area contributed by atoms with Crippen molar-refractivity contribution in [2.45, 2.75) is 186 Å². The lowest BCUT2D eigenvalue weighted by Gasteiger charge is -2.29. The molecule has 113 heavy (non-hydrogen) atoms. The van der Waals surface area contributed by atoms with Crippen molar-refractivity contribution in [3.63, 3.8) is 0 Å². The highest BCUT2D eigenvalue weighted by Gasteiger charge is 2.37. The van der Waals surface area contributed by atoms with Gasteiger partial charge in [0.05, 0.1) is 25.7 Å². The number of carboxylic acids is 2. The first-order valence-corrected chi connectivity index (χ1v) is 37.4. The molecule has 0 bridgehead atoms. The van der Waals surface area contributed by atoms with Crippen LogP contribution in [0.2, 0.25) is 0 Å². The maximum Gasteiger partial charge on any atom is 0.303 e. The third-order valence-corrected chi connectivity index (χ3v) is 17.7. The van der Waals surface area contributed by atoms with E-state index in [-0.39, 0.29) is 87.2 Å². The van der Waals surface area contributed by atoms with Gasteiger partial charge in [-0.3, -0.25) is 82.1 Å². The first-order chi connectivity index (χ1) is 53.3. The molecule has 38 nitrogen and oxygen atoms in total. The third kappa shape index (κ3) is 34.1. The lowest BCUT2D eigenvalue weighted by molar-refractivity contribution is -0.139. The maximum atomic E-state index is 14.5. The first kappa shape index (κ1) is 93.5. The molecule has 25 N–H and O–H groups in total. The number of phenolic OH excluding ortho intramolecular Hbond substituents is 1. The molecule has 4 rings (SSSR count). The summed E-state index contributed by atoms with van der Waals surface area (Å²) in [6.45, 7) is 9.31. The molecular weight excluding hydrogens is 1490 g/mol. The normalized spacial score (nSPS) is 14.0. The van der Waals surface area contributed by atoms with Crippen molar-refractivity contribution in [1.29, 1.82) is 5.41 Å². The van der Waals surface area contributed by atoms with Gasteiger partial charge in [-0.2, -0.15) is 12.6 Å². The lowest BCUT2D eigenvalue weighted by Crippen LogP contribution is -2.61. The summed E-state index contributed by atoms with van der Waals surface area (Å²) >= 11 is 4.14. The van der Waals surface area contributed by atoms with Crippen molar-refractivity contribution >= 4 is 124 Å². The predicted octanol–water partition coefficient (Wildman–Crippen LogP) is -3.40. The first-order valence-electron chi connectivity index (χ1n) is 36.7. The zero-order valence-corrected chi connectivity index (χ0v) is 64.9. The highest BCUT2D eigenvalue weighted by Crippen LogP contribution is 2.21. The summed E-state index contributed by atoms with van der Waals surface area (Å²) in [6, 6.07) is 5.52. The SMILES string of the molecule is CC(C)C[C@H](NC(=O)[C@H](C)NC(=O)[C@H](CCC(=O)O)NC(=O)CNC(=O)CNC(=O)[C@H](Cc1ccccc1)NC(=O)[C@H](CCCNC(=N)N)NC(=O)[C@H](Cc1c[nH]c2ccccc12)NC(=O)[C@@H](N)CCC(=O)O)C(=O)N[C@@H](Cc1ccc(O)cc1)C(=O)N[C@@H](CC(C)C)C(=O)N[C@H](C(=O)N[C@@H](CS)C(=O)NCC(N)=O)C(C)C. The Kier molecular flexibility index (Phi) is 39.2. The number of aromatic hydroxyl groups is 1. The van der Waals surface area contributed by atoms with E-state index in [1.54, 1.807) is 102 Å². The number of carboxylic acid groups (broad SMARTS) is 2. The Morgan fingerprint density at radius 3 is 1.49 bits per heavy atom. The number of phenols is 1. The summed E-state index contributed by atoms with van der Waals surface area (Å²) in [5, 5.41) is 72.5.